The molecule has 1 aliphatic heterocycles. The second-order valence-electron chi connectivity index (χ2n) is 6.17. The van der Waals surface area contributed by atoms with Crippen molar-refractivity contribution >= 4 is 27.4 Å². The maximum atomic E-state index is 13.3. The predicted octanol–water partition coefficient (Wildman–Crippen LogP) is 2.15. The van der Waals surface area contributed by atoms with Gasteiger partial charge in [0.2, 0.25) is 5.95 Å². The Bertz CT molecular complexity index is 968. The standard InChI is InChI=1S/C17H18F2N4O3S/c1-2-23(12-6-8-27(25,26)10-12)16(24)15-5-7-20-17(22-15)21-11-3-4-13(18)14(19)9-11/h3-5,7,9,12H,2,6,8,10H2,1H3,(H,20,21,22). The average molecular weight is 396 g/mol. The van der Waals surface area contributed by atoms with E-state index in [1.54, 1.807) is 6.92 Å². The quantitative estimate of drug-likeness (QED) is 0.833. The van der Waals surface area contributed by atoms with Gasteiger partial charge in [-0.15, -0.1) is 0 Å². The molecule has 1 atom stereocenters. The number of aromatic nitrogens is 2. The lowest BCUT2D eigenvalue weighted by Gasteiger charge is -2.26. The molecule has 0 bridgehead atoms. The fourth-order valence-corrected chi connectivity index (χ4v) is 4.71. The minimum Gasteiger partial charge on any atom is -0.334 e. The minimum atomic E-state index is -3.13. The molecular weight excluding hydrogens is 378 g/mol. The van der Waals surface area contributed by atoms with Crippen LogP contribution in [0.25, 0.3) is 0 Å². The van der Waals surface area contributed by atoms with Gasteiger partial charge in [0.25, 0.3) is 5.91 Å². The van der Waals surface area contributed by atoms with Crippen LogP contribution < -0.4 is 5.32 Å². The van der Waals surface area contributed by atoms with Crippen molar-refractivity contribution in [1.82, 2.24) is 14.9 Å². The van der Waals surface area contributed by atoms with E-state index in [0.29, 0.717) is 13.0 Å². The van der Waals surface area contributed by atoms with Crippen molar-refractivity contribution in [2.75, 3.05) is 23.4 Å². The van der Waals surface area contributed by atoms with Crippen LogP contribution >= 0.6 is 0 Å². The molecule has 3 rings (SSSR count). The van der Waals surface area contributed by atoms with Crippen molar-refractivity contribution in [2.24, 2.45) is 0 Å². The smallest absolute Gasteiger partial charge is 0.272 e. The average Bonchev–Trinajstić information content (AvgIpc) is 2.98. The lowest BCUT2D eigenvalue weighted by Crippen LogP contribution is -2.41. The molecule has 1 amide bonds. The van der Waals surface area contributed by atoms with Crippen LogP contribution in [-0.2, 0) is 9.84 Å². The Kier molecular flexibility index (Phi) is 5.36. The highest BCUT2D eigenvalue weighted by Gasteiger charge is 2.34. The maximum absolute atomic E-state index is 13.3. The van der Waals surface area contributed by atoms with E-state index >= 15 is 0 Å². The highest BCUT2D eigenvalue weighted by atomic mass is 32.2. The first-order chi connectivity index (χ1) is 12.8. The Morgan fingerprint density at radius 1 is 1.30 bits per heavy atom. The Morgan fingerprint density at radius 3 is 2.70 bits per heavy atom. The van der Waals surface area contributed by atoms with Crippen molar-refractivity contribution in [2.45, 2.75) is 19.4 Å². The number of anilines is 2. The molecule has 1 aliphatic rings. The number of benzene rings is 1. The zero-order valence-corrected chi connectivity index (χ0v) is 15.3. The van der Waals surface area contributed by atoms with Gasteiger partial charge in [-0.2, -0.15) is 0 Å². The van der Waals surface area contributed by atoms with E-state index < -0.39 is 27.4 Å². The zero-order valence-electron chi connectivity index (χ0n) is 14.5. The fraction of sp³-hybridized carbons (Fsp3) is 0.353. The monoisotopic (exact) mass is 396 g/mol. The van der Waals surface area contributed by atoms with Crippen molar-refractivity contribution in [3.63, 3.8) is 0 Å². The summed E-state index contributed by atoms with van der Waals surface area (Å²) in [5, 5.41) is 2.71. The highest BCUT2D eigenvalue weighted by molar-refractivity contribution is 7.91. The minimum absolute atomic E-state index is 0.0435. The number of halogens is 2. The molecule has 1 N–H and O–H groups in total. The van der Waals surface area contributed by atoms with Crippen molar-refractivity contribution in [1.29, 1.82) is 0 Å². The Labute approximate surface area is 155 Å². The second-order valence-corrected chi connectivity index (χ2v) is 8.40. The van der Waals surface area contributed by atoms with Gasteiger partial charge in [0.1, 0.15) is 5.69 Å². The van der Waals surface area contributed by atoms with Gasteiger partial charge in [-0.25, -0.2) is 27.2 Å². The summed E-state index contributed by atoms with van der Waals surface area (Å²) in [5.74, 6) is -2.36. The second kappa shape index (κ2) is 7.55. The zero-order chi connectivity index (χ0) is 19.6. The largest absolute Gasteiger partial charge is 0.334 e. The van der Waals surface area contributed by atoms with Crippen LogP contribution in [0.2, 0.25) is 0 Å². The van der Waals surface area contributed by atoms with Crippen LogP contribution in [0.1, 0.15) is 23.8 Å². The first-order valence-electron chi connectivity index (χ1n) is 8.35. The maximum Gasteiger partial charge on any atom is 0.272 e. The number of hydrogen-bond donors (Lipinski definition) is 1. The number of nitrogens with one attached hydrogen (secondary N) is 1. The van der Waals surface area contributed by atoms with Gasteiger partial charge in [0.15, 0.2) is 21.5 Å². The summed E-state index contributed by atoms with van der Waals surface area (Å²) in [7, 11) is -3.13. The SMILES string of the molecule is CCN(C(=O)c1ccnc(Nc2ccc(F)c(F)c2)n1)C1CCS(=O)(=O)C1. The van der Waals surface area contributed by atoms with E-state index in [1.165, 1.54) is 23.2 Å². The van der Waals surface area contributed by atoms with E-state index in [-0.39, 0.29) is 34.9 Å². The number of carbonyl (C=O) groups excluding carboxylic acids is 1. The summed E-state index contributed by atoms with van der Waals surface area (Å²) >= 11 is 0. The van der Waals surface area contributed by atoms with E-state index in [4.69, 9.17) is 0 Å². The molecule has 0 saturated carbocycles. The third-order valence-corrected chi connectivity index (χ3v) is 6.05. The Hall–Kier alpha value is -2.62. The molecule has 7 nitrogen and oxygen atoms in total. The lowest BCUT2D eigenvalue weighted by molar-refractivity contribution is 0.0702. The number of sulfone groups is 1. The van der Waals surface area contributed by atoms with Gasteiger partial charge in [0, 0.05) is 30.5 Å². The van der Waals surface area contributed by atoms with Crippen molar-refractivity contribution in [3.05, 3.63) is 47.8 Å². The van der Waals surface area contributed by atoms with Crippen LogP contribution in [-0.4, -0.2) is 53.3 Å². The summed E-state index contributed by atoms with van der Waals surface area (Å²) in [6.45, 7) is 2.11. The molecule has 1 fully saturated rings. The van der Waals surface area contributed by atoms with Gasteiger partial charge >= 0.3 is 0 Å². The van der Waals surface area contributed by atoms with Gasteiger partial charge in [0.05, 0.1) is 11.5 Å². The number of nitrogens with zero attached hydrogens (tertiary/aromatic N) is 3. The summed E-state index contributed by atoms with van der Waals surface area (Å²) in [6, 6.07) is 4.27. The van der Waals surface area contributed by atoms with Crippen molar-refractivity contribution < 1.29 is 22.0 Å². The molecule has 1 aromatic carbocycles. The summed E-state index contributed by atoms with van der Waals surface area (Å²) in [5.41, 5.74) is 0.314. The molecular formula is C17H18F2N4O3S. The van der Waals surface area contributed by atoms with Gasteiger partial charge in [-0.05, 0) is 31.5 Å². The van der Waals surface area contributed by atoms with Crippen LogP contribution in [0.15, 0.2) is 30.5 Å². The van der Waals surface area contributed by atoms with Crippen molar-refractivity contribution in [3.8, 4) is 0 Å². The predicted molar refractivity (Wildman–Crippen MR) is 95.4 cm³/mol. The number of rotatable bonds is 5. The van der Waals surface area contributed by atoms with Crippen LogP contribution in [0.4, 0.5) is 20.4 Å². The molecule has 2 aromatic rings. The Morgan fingerprint density at radius 2 is 2.07 bits per heavy atom. The molecule has 144 valence electrons. The topological polar surface area (TPSA) is 92.3 Å². The first-order valence-corrected chi connectivity index (χ1v) is 10.2. The number of hydrogen-bond acceptors (Lipinski definition) is 6. The molecule has 2 heterocycles. The van der Waals surface area contributed by atoms with Gasteiger partial charge < -0.3 is 10.2 Å². The molecule has 27 heavy (non-hydrogen) atoms. The third-order valence-electron chi connectivity index (χ3n) is 4.30. The van der Waals surface area contributed by atoms with Crippen LogP contribution in [0.5, 0.6) is 0 Å². The first kappa shape index (κ1) is 19.2. The number of amides is 1. The van der Waals surface area contributed by atoms with Crippen LogP contribution in [0.3, 0.4) is 0 Å². The third kappa shape index (κ3) is 4.38. The Balaban J connectivity index is 1.79. The summed E-state index contributed by atoms with van der Waals surface area (Å²) in [6.07, 6.45) is 1.76. The molecule has 0 spiro atoms. The van der Waals surface area contributed by atoms with E-state index in [2.05, 4.69) is 15.3 Å². The number of carbonyl (C=O) groups is 1. The normalized spacial score (nSPS) is 18.3. The summed E-state index contributed by atoms with van der Waals surface area (Å²) < 4.78 is 49.7. The van der Waals surface area contributed by atoms with E-state index in [0.717, 1.165) is 12.1 Å². The molecule has 1 unspecified atom stereocenters. The molecule has 0 aliphatic carbocycles. The summed E-state index contributed by atoms with van der Waals surface area (Å²) in [4.78, 5) is 22.3. The molecule has 1 saturated heterocycles. The van der Waals surface area contributed by atoms with Crippen LogP contribution in [0, 0.1) is 11.6 Å². The van der Waals surface area contributed by atoms with Gasteiger partial charge in [-0.1, -0.05) is 0 Å². The molecule has 0 radical (unpaired) electrons. The van der Waals surface area contributed by atoms with E-state index in [9.17, 15) is 22.0 Å². The van der Waals surface area contributed by atoms with Gasteiger partial charge in [-0.3, -0.25) is 4.79 Å². The fourth-order valence-electron chi connectivity index (χ4n) is 2.98. The van der Waals surface area contributed by atoms with E-state index in [1.807, 2.05) is 0 Å². The highest BCUT2D eigenvalue weighted by Crippen LogP contribution is 2.20. The lowest BCUT2D eigenvalue weighted by atomic mass is 10.2. The molecule has 10 heteroatoms. The molecule has 1 aromatic heterocycles.